The van der Waals surface area contributed by atoms with Crippen molar-refractivity contribution in [3.05, 3.63) is 52.1 Å². The molecule has 5 nitrogen and oxygen atoms in total. The third-order valence-electron chi connectivity index (χ3n) is 3.76. The predicted molar refractivity (Wildman–Crippen MR) is 102 cm³/mol. The number of nitrogens with one attached hydrogen (secondary N) is 1. The summed E-state index contributed by atoms with van der Waals surface area (Å²) in [6, 6.07) is 10.8. The first-order chi connectivity index (χ1) is 12.0. The van der Waals surface area contributed by atoms with Crippen LogP contribution in [0.15, 0.2) is 36.4 Å². The molecule has 3 N–H and O–H groups in total. The Bertz CT molecular complexity index is 939. The molecule has 128 valence electrons. The highest BCUT2D eigenvalue weighted by Gasteiger charge is 2.17. The molecule has 0 saturated carbocycles. The van der Waals surface area contributed by atoms with Crippen molar-refractivity contribution in [3.63, 3.8) is 0 Å². The highest BCUT2D eigenvalue weighted by Crippen LogP contribution is 2.33. The fourth-order valence-corrected chi connectivity index (χ4v) is 3.11. The molecule has 1 aromatic heterocycles. The molecular formula is C18H16Cl2N4O. The van der Waals surface area contributed by atoms with E-state index in [1.54, 1.807) is 18.2 Å². The molecule has 3 rings (SSSR count). The molecule has 0 fully saturated rings. The van der Waals surface area contributed by atoms with Crippen molar-refractivity contribution < 1.29 is 4.79 Å². The summed E-state index contributed by atoms with van der Waals surface area (Å²) in [6.07, 6.45) is 0.826. The van der Waals surface area contributed by atoms with E-state index in [0.717, 1.165) is 17.5 Å². The lowest BCUT2D eigenvalue weighted by molar-refractivity contribution is 0.0949. The summed E-state index contributed by atoms with van der Waals surface area (Å²) >= 11 is 12.2. The molecule has 7 heteroatoms. The van der Waals surface area contributed by atoms with Crippen LogP contribution in [0.4, 0.5) is 5.69 Å². The number of nitrogens with two attached hydrogens (primary N) is 1. The van der Waals surface area contributed by atoms with Crippen LogP contribution < -0.4 is 11.1 Å². The number of amides is 1. The van der Waals surface area contributed by atoms with Gasteiger partial charge in [-0.2, -0.15) is 0 Å². The van der Waals surface area contributed by atoms with Crippen molar-refractivity contribution in [2.24, 2.45) is 0 Å². The van der Waals surface area contributed by atoms with Gasteiger partial charge in [-0.25, -0.2) is 0 Å². The Morgan fingerprint density at radius 3 is 2.56 bits per heavy atom. The van der Waals surface area contributed by atoms with Crippen LogP contribution in [-0.4, -0.2) is 22.6 Å². The molecule has 0 aliphatic carbocycles. The van der Waals surface area contributed by atoms with E-state index in [1.165, 1.54) is 0 Å². The largest absolute Gasteiger partial charge is 0.396 e. The average Bonchev–Trinajstić information content (AvgIpc) is 2.59. The molecule has 1 amide bonds. The molecule has 0 radical (unpaired) electrons. The first kappa shape index (κ1) is 17.5. The standard InChI is InChI=1S/C18H16Cl2N4O/c1-2-6-22-18(25)17-15(21)14-5-3-4-13(16(14)23-24-17)10-7-11(19)9-12(20)8-10/h3-5,7-9H,2,6H2,1H3,(H2,21,23)(H,22,25). The Hall–Kier alpha value is -2.37. The maximum Gasteiger partial charge on any atom is 0.273 e. The van der Waals surface area contributed by atoms with Gasteiger partial charge in [0.05, 0.1) is 5.69 Å². The maximum atomic E-state index is 12.2. The first-order valence-electron chi connectivity index (χ1n) is 7.80. The van der Waals surface area contributed by atoms with Crippen molar-refractivity contribution in [2.45, 2.75) is 13.3 Å². The number of hydrogen-bond donors (Lipinski definition) is 2. The number of nitrogens with zero attached hydrogens (tertiary/aromatic N) is 2. The quantitative estimate of drug-likeness (QED) is 0.712. The van der Waals surface area contributed by atoms with Crippen LogP contribution in [0.1, 0.15) is 23.8 Å². The third-order valence-corrected chi connectivity index (χ3v) is 4.19. The smallest absolute Gasteiger partial charge is 0.273 e. The van der Waals surface area contributed by atoms with Crippen molar-refractivity contribution >= 4 is 45.7 Å². The van der Waals surface area contributed by atoms with Gasteiger partial charge in [-0.1, -0.05) is 48.3 Å². The third kappa shape index (κ3) is 3.52. The zero-order valence-electron chi connectivity index (χ0n) is 13.5. The number of benzene rings is 2. The Morgan fingerprint density at radius 1 is 1.16 bits per heavy atom. The van der Waals surface area contributed by atoms with E-state index in [0.29, 0.717) is 33.2 Å². The van der Waals surface area contributed by atoms with Gasteiger partial charge in [0.25, 0.3) is 5.91 Å². The number of rotatable bonds is 4. The molecule has 0 atom stereocenters. The minimum absolute atomic E-state index is 0.127. The SMILES string of the molecule is CCCNC(=O)c1nnc2c(-c3cc(Cl)cc(Cl)c3)cccc2c1N. The van der Waals surface area contributed by atoms with Crippen LogP contribution in [0, 0.1) is 0 Å². The fraction of sp³-hybridized carbons (Fsp3) is 0.167. The lowest BCUT2D eigenvalue weighted by Crippen LogP contribution is -2.26. The van der Waals surface area contributed by atoms with Gasteiger partial charge in [0.15, 0.2) is 5.69 Å². The summed E-state index contributed by atoms with van der Waals surface area (Å²) < 4.78 is 0. The maximum absolute atomic E-state index is 12.2. The van der Waals surface area contributed by atoms with E-state index in [-0.39, 0.29) is 11.6 Å². The van der Waals surface area contributed by atoms with Gasteiger partial charge in [0, 0.05) is 27.5 Å². The number of hydrogen-bond acceptors (Lipinski definition) is 4. The fourth-order valence-electron chi connectivity index (χ4n) is 2.58. The number of halogens is 2. The van der Waals surface area contributed by atoms with Gasteiger partial charge >= 0.3 is 0 Å². The summed E-state index contributed by atoms with van der Waals surface area (Å²) in [6.45, 7) is 2.52. The Kier molecular flexibility index (Phi) is 5.06. The second-order valence-corrected chi connectivity index (χ2v) is 6.45. The number of anilines is 1. The lowest BCUT2D eigenvalue weighted by atomic mass is 10.0. The minimum Gasteiger partial charge on any atom is -0.396 e. The number of aromatic nitrogens is 2. The number of carbonyl (C=O) groups is 1. The topological polar surface area (TPSA) is 80.9 Å². The molecule has 0 bridgehead atoms. The van der Waals surface area contributed by atoms with E-state index in [1.807, 2.05) is 25.1 Å². The van der Waals surface area contributed by atoms with Crippen LogP contribution in [0.3, 0.4) is 0 Å². The summed E-state index contributed by atoms with van der Waals surface area (Å²) in [5, 5.41) is 12.7. The number of nitrogen functional groups attached to an aromatic ring is 1. The van der Waals surface area contributed by atoms with Gasteiger partial charge in [-0.15, -0.1) is 10.2 Å². The molecule has 0 unspecified atom stereocenters. The van der Waals surface area contributed by atoms with E-state index in [9.17, 15) is 4.79 Å². The Labute approximate surface area is 155 Å². The first-order valence-corrected chi connectivity index (χ1v) is 8.56. The highest BCUT2D eigenvalue weighted by atomic mass is 35.5. The van der Waals surface area contributed by atoms with Crippen molar-refractivity contribution in [2.75, 3.05) is 12.3 Å². The van der Waals surface area contributed by atoms with Gasteiger partial charge in [0.1, 0.15) is 5.52 Å². The minimum atomic E-state index is -0.329. The number of fused-ring (bicyclic) bond motifs is 1. The van der Waals surface area contributed by atoms with Crippen LogP contribution >= 0.6 is 23.2 Å². The second-order valence-electron chi connectivity index (χ2n) is 5.58. The molecule has 0 saturated heterocycles. The summed E-state index contributed by atoms with van der Waals surface area (Å²) in [5.41, 5.74) is 8.80. The monoisotopic (exact) mass is 374 g/mol. The van der Waals surface area contributed by atoms with E-state index >= 15 is 0 Å². The highest BCUT2D eigenvalue weighted by molar-refractivity contribution is 6.35. The van der Waals surface area contributed by atoms with Gasteiger partial charge in [0.2, 0.25) is 0 Å². The predicted octanol–water partition coefficient (Wildman–Crippen LogP) is 4.33. The van der Waals surface area contributed by atoms with Gasteiger partial charge in [-0.05, 0) is 30.2 Å². The average molecular weight is 375 g/mol. The van der Waals surface area contributed by atoms with E-state index in [2.05, 4.69) is 15.5 Å². The Balaban J connectivity index is 2.14. The molecule has 0 aliphatic rings. The summed E-state index contributed by atoms with van der Waals surface area (Å²) in [4.78, 5) is 12.2. The van der Waals surface area contributed by atoms with Gasteiger partial charge in [-0.3, -0.25) is 4.79 Å². The van der Waals surface area contributed by atoms with Crippen LogP contribution in [0.2, 0.25) is 10.0 Å². The molecule has 2 aromatic carbocycles. The molecule has 0 aliphatic heterocycles. The van der Waals surface area contributed by atoms with Crippen molar-refractivity contribution in [3.8, 4) is 11.1 Å². The summed E-state index contributed by atoms with van der Waals surface area (Å²) in [5.74, 6) is -0.329. The van der Waals surface area contributed by atoms with E-state index in [4.69, 9.17) is 28.9 Å². The molecule has 3 aromatic rings. The zero-order chi connectivity index (χ0) is 18.0. The van der Waals surface area contributed by atoms with Crippen LogP contribution in [0.25, 0.3) is 22.0 Å². The van der Waals surface area contributed by atoms with Crippen LogP contribution in [-0.2, 0) is 0 Å². The number of carbonyl (C=O) groups excluding carboxylic acids is 1. The molecule has 1 heterocycles. The lowest BCUT2D eigenvalue weighted by Gasteiger charge is -2.11. The normalized spacial score (nSPS) is 10.8. The molecular weight excluding hydrogens is 359 g/mol. The van der Waals surface area contributed by atoms with Gasteiger partial charge < -0.3 is 11.1 Å². The van der Waals surface area contributed by atoms with Crippen LogP contribution in [0.5, 0.6) is 0 Å². The molecule has 0 spiro atoms. The van der Waals surface area contributed by atoms with E-state index < -0.39 is 0 Å². The Morgan fingerprint density at radius 2 is 1.88 bits per heavy atom. The molecule has 25 heavy (non-hydrogen) atoms. The second kappa shape index (κ2) is 7.25. The van der Waals surface area contributed by atoms with Crippen molar-refractivity contribution in [1.29, 1.82) is 0 Å². The zero-order valence-corrected chi connectivity index (χ0v) is 15.0. The van der Waals surface area contributed by atoms with Crippen molar-refractivity contribution in [1.82, 2.24) is 15.5 Å². The summed E-state index contributed by atoms with van der Waals surface area (Å²) in [7, 11) is 0.